The summed E-state index contributed by atoms with van der Waals surface area (Å²) in [5.41, 5.74) is -1.71. The van der Waals surface area contributed by atoms with Crippen LogP contribution in [0, 0.1) is 5.82 Å². The van der Waals surface area contributed by atoms with Crippen molar-refractivity contribution in [2.45, 2.75) is 0 Å². The van der Waals surface area contributed by atoms with Gasteiger partial charge in [0.05, 0.1) is 0 Å². The SMILES string of the molecule is O=c1[nH]cc(F)c(=O)[nH]1.[K]. The molecule has 1 aromatic rings. The maximum absolute atomic E-state index is 12.0. The molecular weight excluding hydrogens is 166 g/mol. The molecule has 1 heterocycles. The van der Waals surface area contributed by atoms with Crippen LogP contribution < -0.4 is 11.2 Å². The Morgan fingerprint density at radius 1 is 1.40 bits per heavy atom. The molecule has 2 N–H and O–H groups in total. The summed E-state index contributed by atoms with van der Waals surface area (Å²) in [5.74, 6) is -0.991. The third-order valence-electron chi connectivity index (χ3n) is 0.774. The molecule has 0 amide bonds. The molecule has 0 aliphatic carbocycles. The molecule has 0 saturated heterocycles. The predicted octanol–water partition coefficient (Wildman–Crippen LogP) is -1.18. The van der Waals surface area contributed by atoms with E-state index in [2.05, 4.69) is 0 Å². The normalized spacial score (nSPS) is 8.50. The van der Waals surface area contributed by atoms with E-state index in [-0.39, 0.29) is 51.4 Å². The quantitative estimate of drug-likeness (QED) is 0.480. The van der Waals surface area contributed by atoms with E-state index in [0.717, 1.165) is 0 Å². The molecule has 0 aromatic carbocycles. The van der Waals surface area contributed by atoms with Crippen molar-refractivity contribution in [2.75, 3.05) is 0 Å². The first-order valence-electron chi connectivity index (χ1n) is 2.17. The third kappa shape index (κ3) is 2.47. The van der Waals surface area contributed by atoms with Gasteiger partial charge < -0.3 is 4.98 Å². The van der Waals surface area contributed by atoms with Crippen molar-refractivity contribution in [2.24, 2.45) is 0 Å². The fourth-order valence-electron chi connectivity index (χ4n) is 0.393. The monoisotopic (exact) mass is 169 g/mol. The summed E-state index contributed by atoms with van der Waals surface area (Å²) in [6.07, 6.45) is 0.709. The van der Waals surface area contributed by atoms with E-state index in [4.69, 9.17) is 0 Å². The van der Waals surface area contributed by atoms with Crippen LogP contribution in [0.4, 0.5) is 4.39 Å². The summed E-state index contributed by atoms with van der Waals surface area (Å²) < 4.78 is 12.0. The second-order valence-corrected chi connectivity index (χ2v) is 1.42. The van der Waals surface area contributed by atoms with Crippen molar-refractivity contribution in [1.82, 2.24) is 9.97 Å². The summed E-state index contributed by atoms with van der Waals surface area (Å²) in [4.78, 5) is 24.0. The zero-order valence-electron chi connectivity index (χ0n) is 5.27. The molecule has 0 atom stereocenters. The van der Waals surface area contributed by atoms with Crippen molar-refractivity contribution in [1.29, 1.82) is 0 Å². The van der Waals surface area contributed by atoms with Crippen LogP contribution in [0.1, 0.15) is 0 Å². The molecule has 0 fully saturated rings. The van der Waals surface area contributed by atoms with Crippen LogP contribution in [0.2, 0.25) is 0 Å². The Balaban J connectivity index is 0.000000810. The fraction of sp³-hybridized carbons (Fsp3) is 0. The molecule has 1 radical (unpaired) electrons. The average molecular weight is 169 g/mol. The Labute approximate surface area is 97.3 Å². The van der Waals surface area contributed by atoms with Gasteiger partial charge in [-0.2, -0.15) is 4.39 Å². The van der Waals surface area contributed by atoms with Crippen LogP contribution in [-0.2, 0) is 0 Å². The van der Waals surface area contributed by atoms with E-state index < -0.39 is 17.1 Å². The second-order valence-electron chi connectivity index (χ2n) is 1.42. The molecule has 10 heavy (non-hydrogen) atoms. The van der Waals surface area contributed by atoms with Crippen molar-refractivity contribution in [3.8, 4) is 0 Å². The van der Waals surface area contributed by atoms with Gasteiger partial charge in [0.25, 0.3) is 5.56 Å². The minimum absolute atomic E-state index is 0. The second kappa shape index (κ2) is 4.19. The van der Waals surface area contributed by atoms with Gasteiger partial charge in [0, 0.05) is 57.6 Å². The van der Waals surface area contributed by atoms with Crippen LogP contribution in [0.3, 0.4) is 0 Å². The molecule has 1 rings (SSSR count). The van der Waals surface area contributed by atoms with Gasteiger partial charge in [-0.1, -0.05) is 0 Å². The Morgan fingerprint density at radius 3 is 2.40 bits per heavy atom. The molecule has 0 spiro atoms. The number of aromatic nitrogens is 2. The number of H-pyrrole nitrogens is 2. The van der Waals surface area contributed by atoms with Gasteiger partial charge in [-0.25, -0.2) is 4.79 Å². The van der Waals surface area contributed by atoms with E-state index in [9.17, 15) is 14.0 Å². The van der Waals surface area contributed by atoms with E-state index in [1.807, 2.05) is 4.98 Å². The summed E-state index contributed by atoms with van der Waals surface area (Å²) in [6, 6.07) is 0. The van der Waals surface area contributed by atoms with Gasteiger partial charge in [-0.15, -0.1) is 0 Å². The van der Waals surface area contributed by atoms with Gasteiger partial charge in [0.2, 0.25) is 5.82 Å². The van der Waals surface area contributed by atoms with Crippen LogP contribution in [-0.4, -0.2) is 61.4 Å². The van der Waals surface area contributed by atoms with Crippen molar-refractivity contribution >= 4 is 51.4 Å². The zero-order chi connectivity index (χ0) is 6.85. The Hall–Kier alpha value is 0.246. The molecule has 1 aromatic heterocycles. The number of hydrogen-bond acceptors (Lipinski definition) is 2. The Kier molecular flexibility index (Phi) is 4.30. The third-order valence-corrected chi connectivity index (χ3v) is 0.774. The van der Waals surface area contributed by atoms with Crippen molar-refractivity contribution < 1.29 is 4.39 Å². The molecule has 0 bridgehead atoms. The molecule has 0 unspecified atom stereocenters. The summed E-state index contributed by atoms with van der Waals surface area (Å²) in [6.45, 7) is 0. The first-order chi connectivity index (χ1) is 4.20. The van der Waals surface area contributed by atoms with E-state index >= 15 is 0 Å². The largest absolute Gasteiger partial charge is 0.325 e. The molecule has 6 heteroatoms. The minimum atomic E-state index is -1.00. The van der Waals surface area contributed by atoms with Gasteiger partial charge in [-0.05, 0) is 0 Å². The predicted molar refractivity (Wildman–Crippen MR) is 33.4 cm³/mol. The van der Waals surface area contributed by atoms with Crippen LogP contribution >= 0.6 is 0 Å². The number of nitrogens with one attached hydrogen (secondary N) is 2. The van der Waals surface area contributed by atoms with Crippen LogP contribution in [0.5, 0.6) is 0 Å². The molecular formula is C4H3FKN2O2. The van der Waals surface area contributed by atoms with Gasteiger partial charge >= 0.3 is 5.69 Å². The molecule has 0 aliphatic rings. The topological polar surface area (TPSA) is 65.7 Å². The number of rotatable bonds is 0. The average Bonchev–Trinajstić information content (AvgIpc) is 1.80. The fourth-order valence-corrected chi connectivity index (χ4v) is 0.393. The van der Waals surface area contributed by atoms with Crippen molar-refractivity contribution in [3.63, 3.8) is 0 Å². The summed E-state index contributed by atoms with van der Waals surface area (Å²) in [5, 5.41) is 0. The van der Waals surface area contributed by atoms with Gasteiger partial charge in [0.15, 0.2) is 0 Å². The first kappa shape index (κ1) is 10.2. The number of hydrogen-bond donors (Lipinski definition) is 2. The van der Waals surface area contributed by atoms with Gasteiger partial charge in [0.1, 0.15) is 0 Å². The van der Waals surface area contributed by atoms with Gasteiger partial charge in [-0.3, -0.25) is 9.78 Å². The van der Waals surface area contributed by atoms with E-state index in [1.54, 1.807) is 4.98 Å². The van der Waals surface area contributed by atoms with Crippen LogP contribution in [0.15, 0.2) is 15.8 Å². The van der Waals surface area contributed by atoms with Crippen molar-refractivity contribution in [3.05, 3.63) is 32.9 Å². The number of aromatic amines is 2. The molecule has 0 aliphatic heterocycles. The smallest absolute Gasteiger partial charge is 0.311 e. The Morgan fingerprint density at radius 2 is 2.00 bits per heavy atom. The molecule has 49 valence electrons. The number of halogens is 1. The van der Waals surface area contributed by atoms with E-state index in [1.165, 1.54) is 0 Å². The molecule has 0 saturated carbocycles. The first-order valence-corrected chi connectivity index (χ1v) is 2.17. The maximum Gasteiger partial charge on any atom is 0.325 e. The summed E-state index contributed by atoms with van der Waals surface area (Å²) in [7, 11) is 0. The minimum Gasteiger partial charge on any atom is -0.311 e. The zero-order valence-corrected chi connectivity index (χ0v) is 8.39. The van der Waals surface area contributed by atoms with Crippen LogP contribution in [0.25, 0.3) is 0 Å². The maximum atomic E-state index is 12.0. The van der Waals surface area contributed by atoms with E-state index in [0.29, 0.717) is 6.20 Å². The summed E-state index contributed by atoms with van der Waals surface area (Å²) >= 11 is 0. The molecule has 4 nitrogen and oxygen atoms in total. The standard InChI is InChI=1S/C4H3FN2O2.K/c5-2-1-6-4(9)7-3(2)8;/h1H,(H2,6,7,8,9);. The Bertz CT molecular complexity index is 318.